The topological polar surface area (TPSA) is 50.4 Å². The van der Waals surface area contributed by atoms with Gasteiger partial charge in [-0.15, -0.1) is 11.8 Å². The molecule has 2 aromatic rings. The number of halogens is 1. The molecule has 0 spiro atoms. The highest BCUT2D eigenvalue weighted by Crippen LogP contribution is 2.29. The van der Waals surface area contributed by atoms with Crippen LogP contribution in [0.2, 0.25) is 0 Å². The van der Waals surface area contributed by atoms with E-state index < -0.39 is 11.8 Å². The SMILES string of the molecule is O=C(O)c1cccc(F)c1SCc1ccco1. The van der Waals surface area contributed by atoms with E-state index in [1.54, 1.807) is 12.1 Å². The minimum atomic E-state index is -1.13. The van der Waals surface area contributed by atoms with Crippen molar-refractivity contribution in [3.05, 3.63) is 53.7 Å². The summed E-state index contributed by atoms with van der Waals surface area (Å²) in [5, 5.41) is 8.94. The highest BCUT2D eigenvalue weighted by Gasteiger charge is 2.14. The summed E-state index contributed by atoms with van der Waals surface area (Å²) in [7, 11) is 0. The monoisotopic (exact) mass is 252 g/mol. The molecule has 1 aromatic heterocycles. The second-order valence-corrected chi connectivity index (χ2v) is 4.28. The van der Waals surface area contributed by atoms with Gasteiger partial charge in [-0.1, -0.05) is 6.07 Å². The Morgan fingerprint density at radius 1 is 1.35 bits per heavy atom. The minimum Gasteiger partial charge on any atom is -0.478 e. The molecule has 2 rings (SSSR count). The van der Waals surface area contributed by atoms with Crippen molar-refractivity contribution in [3.63, 3.8) is 0 Å². The lowest BCUT2D eigenvalue weighted by molar-refractivity contribution is 0.0692. The fraction of sp³-hybridized carbons (Fsp3) is 0.0833. The molecule has 0 aliphatic carbocycles. The van der Waals surface area contributed by atoms with E-state index in [0.29, 0.717) is 11.5 Å². The van der Waals surface area contributed by atoms with E-state index in [1.165, 1.54) is 24.5 Å². The zero-order valence-corrected chi connectivity index (χ0v) is 9.54. The molecule has 0 saturated carbocycles. The van der Waals surface area contributed by atoms with Crippen molar-refractivity contribution in [2.24, 2.45) is 0 Å². The number of benzene rings is 1. The summed E-state index contributed by atoms with van der Waals surface area (Å²) in [4.78, 5) is 11.1. The maximum atomic E-state index is 13.5. The Hall–Kier alpha value is -1.75. The third kappa shape index (κ3) is 2.68. The lowest BCUT2D eigenvalue weighted by Crippen LogP contribution is -2.00. The van der Waals surface area contributed by atoms with Crippen LogP contribution in [0.25, 0.3) is 0 Å². The number of carboxylic acid groups (broad SMARTS) is 1. The molecule has 0 atom stereocenters. The second-order valence-electron chi connectivity index (χ2n) is 3.29. The van der Waals surface area contributed by atoms with Crippen molar-refractivity contribution in [1.82, 2.24) is 0 Å². The molecule has 1 aromatic carbocycles. The molecule has 5 heteroatoms. The van der Waals surface area contributed by atoms with E-state index in [0.717, 1.165) is 11.8 Å². The van der Waals surface area contributed by atoms with Gasteiger partial charge in [-0.05, 0) is 24.3 Å². The molecule has 3 nitrogen and oxygen atoms in total. The third-order valence-electron chi connectivity index (χ3n) is 2.14. The number of hydrogen-bond donors (Lipinski definition) is 1. The Bertz CT molecular complexity index is 523. The molecule has 88 valence electrons. The van der Waals surface area contributed by atoms with E-state index in [4.69, 9.17) is 9.52 Å². The fourth-order valence-corrected chi connectivity index (χ4v) is 2.33. The number of rotatable bonds is 4. The van der Waals surface area contributed by atoms with Crippen LogP contribution in [0, 0.1) is 5.82 Å². The van der Waals surface area contributed by atoms with Gasteiger partial charge in [-0.25, -0.2) is 9.18 Å². The summed E-state index contributed by atoms with van der Waals surface area (Å²) in [5.41, 5.74) is -0.0263. The van der Waals surface area contributed by atoms with Crippen LogP contribution < -0.4 is 0 Å². The van der Waals surface area contributed by atoms with Crippen molar-refractivity contribution >= 4 is 17.7 Å². The van der Waals surface area contributed by atoms with Gasteiger partial charge in [-0.3, -0.25) is 0 Å². The Kier molecular flexibility index (Phi) is 3.49. The van der Waals surface area contributed by atoms with Crippen LogP contribution in [0.15, 0.2) is 45.9 Å². The zero-order valence-electron chi connectivity index (χ0n) is 8.72. The number of furan rings is 1. The third-order valence-corrected chi connectivity index (χ3v) is 3.27. The lowest BCUT2D eigenvalue weighted by atomic mass is 10.2. The van der Waals surface area contributed by atoms with Gasteiger partial charge in [0.25, 0.3) is 0 Å². The van der Waals surface area contributed by atoms with Gasteiger partial charge in [0.2, 0.25) is 0 Å². The average Bonchev–Trinajstić information content (AvgIpc) is 2.80. The summed E-state index contributed by atoms with van der Waals surface area (Å²) >= 11 is 1.11. The molecule has 0 aliphatic heterocycles. The summed E-state index contributed by atoms with van der Waals surface area (Å²) in [6.45, 7) is 0. The van der Waals surface area contributed by atoms with Crippen molar-refractivity contribution in [3.8, 4) is 0 Å². The molecular formula is C12H9FO3S. The number of carboxylic acids is 1. The molecule has 1 heterocycles. The van der Waals surface area contributed by atoms with E-state index in [1.807, 2.05) is 0 Å². The molecule has 1 N–H and O–H groups in total. The number of hydrogen-bond acceptors (Lipinski definition) is 3. The van der Waals surface area contributed by atoms with E-state index >= 15 is 0 Å². The van der Waals surface area contributed by atoms with Crippen LogP contribution in [0.3, 0.4) is 0 Å². The molecule has 0 bridgehead atoms. The number of thioether (sulfide) groups is 1. The van der Waals surface area contributed by atoms with Crippen molar-refractivity contribution in [2.45, 2.75) is 10.6 Å². The Labute approximate surface area is 101 Å². The van der Waals surface area contributed by atoms with E-state index in [-0.39, 0.29) is 10.5 Å². The molecule has 0 aliphatic rings. The summed E-state index contributed by atoms with van der Waals surface area (Å²) in [6.07, 6.45) is 1.52. The summed E-state index contributed by atoms with van der Waals surface area (Å²) in [5.74, 6) is -0.587. The first-order valence-electron chi connectivity index (χ1n) is 4.85. The zero-order chi connectivity index (χ0) is 12.3. The highest BCUT2D eigenvalue weighted by atomic mass is 32.2. The van der Waals surface area contributed by atoms with E-state index in [2.05, 4.69) is 0 Å². The van der Waals surface area contributed by atoms with Crippen molar-refractivity contribution in [1.29, 1.82) is 0 Å². The van der Waals surface area contributed by atoms with Gasteiger partial charge in [0, 0.05) is 0 Å². The number of aromatic carboxylic acids is 1. The van der Waals surface area contributed by atoms with Crippen LogP contribution in [-0.2, 0) is 5.75 Å². The quantitative estimate of drug-likeness (QED) is 0.847. The minimum absolute atomic E-state index is 0.0263. The Morgan fingerprint density at radius 2 is 2.18 bits per heavy atom. The fourth-order valence-electron chi connectivity index (χ4n) is 1.36. The molecule has 0 radical (unpaired) electrons. The maximum Gasteiger partial charge on any atom is 0.336 e. The molecule has 0 saturated heterocycles. The largest absolute Gasteiger partial charge is 0.478 e. The van der Waals surface area contributed by atoms with Crippen molar-refractivity contribution < 1.29 is 18.7 Å². The molecule has 0 fully saturated rings. The van der Waals surface area contributed by atoms with Crippen LogP contribution in [-0.4, -0.2) is 11.1 Å². The molecule has 0 unspecified atom stereocenters. The van der Waals surface area contributed by atoms with Gasteiger partial charge in [0.15, 0.2) is 0 Å². The van der Waals surface area contributed by atoms with Crippen LogP contribution in [0.4, 0.5) is 4.39 Å². The van der Waals surface area contributed by atoms with Crippen LogP contribution in [0.1, 0.15) is 16.1 Å². The van der Waals surface area contributed by atoms with Gasteiger partial charge in [-0.2, -0.15) is 0 Å². The first kappa shape index (κ1) is 11.7. The van der Waals surface area contributed by atoms with Crippen LogP contribution >= 0.6 is 11.8 Å². The summed E-state index contributed by atoms with van der Waals surface area (Å²) < 4.78 is 18.6. The normalized spacial score (nSPS) is 10.4. The standard InChI is InChI=1S/C12H9FO3S/c13-10-5-1-4-9(12(14)15)11(10)17-7-8-3-2-6-16-8/h1-6H,7H2,(H,14,15). The first-order chi connectivity index (χ1) is 8.18. The molecule has 17 heavy (non-hydrogen) atoms. The first-order valence-corrected chi connectivity index (χ1v) is 5.84. The smallest absolute Gasteiger partial charge is 0.336 e. The molecular weight excluding hydrogens is 243 g/mol. The van der Waals surface area contributed by atoms with E-state index in [9.17, 15) is 9.18 Å². The van der Waals surface area contributed by atoms with Crippen LogP contribution in [0.5, 0.6) is 0 Å². The lowest BCUT2D eigenvalue weighted by Gasteiger charge is -2.05. The Balaban J connectivity index is 2.22. The predicted molar refractivity (Wildman–Crippen MR) is 61.6 cm³/mol. The van der Waals surface area contributed by atoms with Crippen molar-refractivity contribution in [2.75, 3.05) is 0 Å². The number of carbonyl (C=O) groups is 1. The van der Waals surface area contributed by atoms with Gasteiger partial charge in [0.1, 0.15) is 11.6 Å². The highest BCUT2D eigenvalue weighted by molar-refractivity contribution is 7.98. The van der Waals surface area contributed by atoms with Gasteiger partial charge >= 0.3 is 5.97 Å². The maximum absolute atomic E-state index is 13.5. The second kappa shape index (κ2) is 5.05. The van der Waals surface area contributed by atoms with Gasteiger partial charge in [0.05, 0.1) is 22.5 Å². The average molecular weight is 252 g/mol. The van der Waals surface area contributed by atoms with Gasteiger partial charge < -0.3 is 9.52 Å². The molecule has 0 amide bonds. The summed E-state index contributed by atoms with van der Waals surface area (Å²) in [6, 6.07) is 7.51. The Morgan fingerprint density at radius 3 is 2.82 bits per heavy atom. The predicted octanol–water partition coefficient (Wildman–Crippen LogP) is 3.41.